The number of anilines is 1. The number of ether oxygens (including phenoxy) is 2. The summed E-state index contributed by atoms with van der Waals surface area (Å²) in [5, 5.41) is 4.48. The Morgan fingerprint density at radius 2 is 1.69 bits per heavy atom. The van der Waals surface area contributed by atoms with Gasteiger partial charge in [0.15, 0.2) is 11.5 Å². The lowest BCUT2D eigenvalue weighted by Crippen LogP contribution is -2.50. The van der Waals surface area contributed by atoms with Crippen molar-refractivity contribution < 1.29 is 14.3 Å². The van der Waals surface area contributed by atoms with E-state index in [1.807, 2.05) is 40.6 Å². The molecule has 186 valence electrons. The number of nitrogens with zero attached hydrogens (tertiary/aromatic N) is 6. The molecule has 0 bridgehead atoms. The molecule has 1 saturated heterocycles. The molecule has 1 aliphatic heterocycles. The maximum Gasteiger partial charge on any atom is 0.254 e. The van der Waals surface area contributed by atoms with Crippen LogP contribution in [0.1, 0.15) is 22.4 Å². The lowest BCUT2D eigenvalue weighted by molar-refractivity contribution is -0.130. The second kappa shape index (κ2) is 10.2. The van der Waals surface area contributed by atoms with Gasteiger partial charge in [-0.1, -0.05) is 36.4 Å². The van der Waals surface area contributed by atoms with Crippen LogP contribution in [0.3, 0.4) is 0 Å². The van der Waals surface area contributed by atoms with Gasteiger partial charge in [0.2, 0.25) is 5.91 Å². The number of rotatable bonds is 7. The number of benzene rings is 2. The molecule has 1 aliphatic rings. The summed E-state index contributed by atoms with van der Waals surface area (Å²) in [7, 11) is 3.20. The molecule has 0 atom stereocenters. The van der Waals surface area contributed by atoms with Crippen molar-refractivity contribution >= 4 is 17.5 Å². The van der Waals surface area contributed by atoms with E-state index in [9.17, 15) is 4.79 Å². The molecule has 2 aromatic heterocycles. The first-order valence-electron chi connectivity index (χ1n) is 12.0. The zero-order valence-corrected chi connectivity index (χ0v) is 20.8. The Morgan fingerprint density at radius 3 is 2.42 bits per heavy atom. The number of aromatic nitrogens is 4. The summed E-state index contributed by atoms with van der Waals surface area (Å²) in [5.74, 6) is 2.98. The van der Waals surface area contributed by atoms with Crippen molar-refractivity contribution in [3.05, 3.63) is 77.2 Å². The van der Waals surface area contributed by atoms with Gasteiger partial charge in [0, 0.05) is 43.9 Å². The van der Waals surface area contributed by atoms with Gasteiger partial charge in [-0.05, 0) is 30.2 Å². The lowest BCUT2D eigenvalue weighted by Gasteiger charge is -2.37. The first-order valence-corrected chi connectivity index (χ1v) is 12.0. The summed E-state index contributed by atoms with van der Waals surface area (Å²) in [4.78, 5) is 26.3. The van der Waals surface area contributed by atoms with Crippen molar-refractivity contribution in [2.75, 3.05) is 45.3 Å². The van der Waals surface area contributed by atoms with Crippen molar-refractivity contribution in [2.24, 2.45) is 0 Å². The van der Waals surface area contributed by atoms with Gasteiger partial charge < -0.3 is 19.3 Å². The number of methoxy groups -OCH3 is 2. The van der Waals surface area contributed by atoms with E-state index in [1.165, 1.54) is 5.56 Å². The van der Waals surface area contributed by atoms with Crippen LogP contribution in [0.2, 0.25) is 0 Å². The standard InChI is InChI=1S/C27H30N6O3/c1-19-22(15-20-7-5-4-6-8-20)26(33-27(30-19)28-18-29-33)32-13-11-31(12-14-32)25(34)17-21-9-10-23(35-2)24(16-21)36-3/h4-10,16,18H,11-15,17H2,1-3H3. The van der Waals surface area contributed by atoms with Crippen LogP contribution in [0, 0.1) is 6.92 Å². The quantitative estimate of drug-likeness (QED) is 0.397. The van der Waals surface area contributed by atoms with Gasteiger partial charge in [-0.15, -0.1) is 0 Å². The van der Waals surface area contributed by atoms with Gasteiger partial charge in [-0.2, -0.15) is 14.6 Å². The van der Waals surface area contributed by atoms with E-state index in [0.29, 0.717) is 49.9 Å². The predicted molar refractivity (Wildman–Crippen MR) is 137 cm³/mol. The summed E-state index contributed by atoms with van der Waals surface area (Å²) in [6.07, 6.45) is 2.62. The third kappa shape index (κ3) is 4.68. The average Bonchev–Trinajstić information content (AvgIpc) is 3.37. The van der Waals surface area contributed by atoms with Gasteiger partial charge in [-0.25, -0.2) is 4.98 Å². The van der Waals surface area contributed by atoms with Gasteiger partial charge in [0.1, 0.15) is 12.1 Å². The highest BCUT2D eigenvalue weighted by atomic mass is 16.5. The normalized spacial score (nSPS) is 13.8. The summed E-state index contributed by atoms with van der Waals surface area (Å²) >= 11 is 0. The van der Waals surface area contributed by atoms with Gasteiger partial charge in [-0.3, -0.25) is 4.79 Å². The Hall–Kier alpha value is -4.14. The van der Waals surface area contributed by atoms with Crippen LogP contribution in [-0.2, 0) is 17.6 Å². The Kier molecular flexibility index (Phi) is 6.71. The third-order valence-electron chi connectivity index (χ3n) is 6.66. The molecule has 4 aromatic rings. The van der Waals surface area contributed by atoms with Crippen LogP contribution in [0.25, 0.3) is 5.78 Å². The molecule has 36 heavy (non-hydrogen) atoms. The summed E-state index contributed by atoms with van der Waals surface area (Å²) in [6, 6.07) is 16.0. The molecule has 0 unspecified atom stereocenters. The number of hydrogen-bond donors (Lipinski definition) is 0. The fourth-order valence-electron chi connectivity index (χ4n) is 4.74. The van der Waals surface area contributed by atoms with Crippen LogP contribution in [0.15, 0.2) is 54.9 Å². The largest absolute Gasteiger partial charge is 0.493 e. The highest BCUT2D eigenvalue weighted by molar-refractivity contribution is 5.79. The van der Waals surface area contributed by atoms with E-state index >= 15 is 0 Å². The molecule has 9 heteroatoms. The Balaban J connectivity index is 1.33. The van der Waals surface area contributed by atoms with Crippen molar-refractivity contribution in [3.8, 4) is 11.5 Å². The average molecular weight is 487 g/mol. The highest BCUT2D eigenvalue weighted by Crippen LogP contribution is 2.29. The van der Waals surface area contributed by atoms with Crippen molar-refractivity contribution in [2.45, 2.75) is 19.8 Å². The molecule has 0 saturated carbocycles. The molecule has 5 rings (SSSR count). The number of hydrogen-bond acceptors (Lipinski definition) is 7. The van der Waals surface area contributed by atoms with E-state index in [1.54, 1.807) is 20.5 Å². The van der Waals surface area contributed by atoms with E-state index in [4.69, 9.17) is 9.47 Å². The predicted octanol–water partition coefficient (Wildman–Crippen LogP) is 2.93. The first-order chi connectivity index (χ1) is 17.6. The SMILES string of the molecule is COc1ccc(CC(=O)N2CCN(c3c(Cc4ccccc4)c(C)nc4ncnn34)CC2)cc1OC. The molecule has 1 fully saturated rings. The van der Waals surface area contributed by atoms with Crippen molar-refractivity contribution in [3.63, 3.8) is 0 Å². The smallest absolute Gasteiger partial charge is 0.254 e. The maximum absolute atomic E-state index is 13.1. The number of carbonyl (C=O) groups excluding carboxylic acids is 1. The lowest BCUT2D eigenvalue weighted by atomic mass is 10.0. The Morgan fingerprint density at radius 1 is 0.944 bits per heavy atom. The third-order valence-corrected chi connectivity index (χ3v) is 6.66. The zero-order chi connectivity index (χ0) is 25.1. The van der Waals surface area contributed by atoms with E-state index in [-0.39, 0.29) is 5.91 Å². The minimum Gasteiger partial charge on any atom is -0.493 e. The number of piperazine rings is 1. The highest BCUT2D eigenvalue weighted by Gasteiger charge is 2.26. The molecule has 0 aliphatic carbocycles. The molecule has 3 heterocycles. The molecule has 9 nitrogen and oxygen atoms in total. The fourth-order valence-corrected chi connectivity index (χ4v) is 4.74. The van der Waals surface area contributed by atoms with Crippen LogP contribution in [0.4, 0.5) is 5.82 Å². The van der Waals surface area contributed by atoms with E-state index in [2.05, 4.69) is 44.2 Å². The van der Waals surface area contributed by atoms with Gasteiger partial charge in [0.25, 0.3) is 5.78 Å². The molecule has 2 aromatic carbocycles. The van der Waals surface area contributed by atoms with Gasteiger partial charge >= 0.3 is 0 Å². The number of carbonyl (C=O) groups is 1. The molecule has 0 N–H and O–H groups in total. The summed E-state index contributed by atoms with van der Waals surface area (Å²) in [6.45, 7) is 4.71. The number of amides is 1. The molecular formula is C27H30N6O3. The second-order valence-electron chi connectivity index (χ2n) is 8.87. The van der Waals surface area contributed by atoms with Crippen LogP contribution < -0.4 is 14.4 Å². The zero-order valence-electron chi connectivity index (χ0n) is 20.8. The number of aryl methyl sites for hydroxylation is 1. The number of fused-ring (bicyclic) bond motifs is 1. The first kappa shape index (κ1) is 23.6. The molecule has 0 spiro atoms. The van der Waals surface area contributed by atoms with E-state index < -0.39 is 0 Å². The summed E-state index contributed by atoms with van der Waals surface area (Å²) < 4.78 is 12.5. The maximum atomic E-state index is 13.1. The Bertz CT molecular complexity index is 1360. The van der Waals surface area contributed by atoms with Gasteiger partial charge in [0.05, 0.1) is 20.6 Å². The minimum atomic E-state index is 0.100. The Labute approximate surface area is 210 Å². The van der Waals surface area contributed by atoms with Crippen molar-refractivity contribution in [1.82, 2.24) is 24.5 Å². The molecule has 1 amide bonds. The molecule has 0 radical (unpaired) electrons. The molecular weight excluding hydrogens is 456 g/mol. The summed E-state index contributed by atoms with van der Waals surface area (Å²) in [5.41, 5.74) is 4.19. The van der Waals surface area contributed by atoms with Crippen molar-refractivity contribution in [1.29, 1.82) is 0 Å². The fraction of sp³-hybridized carbons (Fsp3) is 0.333. The van der Waals surface area contributed by atoms with E-state index in [0.717, 1.165) is 29.1 Å². The van der Waals surface area contributed by atoms with Crippen LogP contribution in [0.5, 0.6) is 11.5 Å². The van der Waals surface area contributed by atoms with Crippen LogP contribution >= 0.6 is 0 Å². The topological polar surface area (TPSA) is 85.1 Å². The second-order valence-corrected chi connectivity index (χ2v) is 8.87. The van der Waals surface area contributed by atoms with Crippen LogP contribution in [-0.4, -0.2) is 70.8 Å². The monoisotopic (exact) mass is 486 g/mol. The minimum absolute atomic E-state index is 0.100.